The largest absolute Gasteiger partial charge is 0.335 e. The molecular formula is C27H42ClN5O2. The highest BCUT2D eigenvalue weighted by molar-refractivity contribution is 6.30. The van der Waals surface area contributed by atoms with E-state index in [0.717, 1.165) is 44.5 Å². The van der Waals surface area contributed by atoms with E-state index in [4.69, 9.17) is 11.6 Å². The first-order chi connectivity index (χ1) is 16.8. The van der Waals surface area contributed by atoms with Crippen LogP contribution in [0.2, 0.25) is 5.02 Å². The van der Waals surface area contributed by atoms with E-state index in [9.17, 15) is 9.59 Å². The molecule has 1 aromatic carbocycles. The molecule has 0 radical (unpaired) electrons. The second-order valence-electron chi connectivity index (χ2n) is 11.0. The number of carbonyl (C=O) groups is 2. The van der Waals surface area contributed by atoms with E-state index in [-0.39, 0.29) is 29.8 Å². The Balaban J connectivity index is 1.39. The number of rotatable bonds is 9. The Labute approximate surface area is 215 Å². The van der Waals surface area contributed by atoms with Crippen molar-refractivity contribution < 1.29 is 9.59 Å². The van der Waals surface area contributed by atoms with Gasteiger partial charge in [0.05, 0.1) is 6.04 Å². The Morgan fingerprint density at radius 2 is 1.71 bits per heavy atom. The van der Waals surface area contributed by atoms with Gasteiger partial charge in [-0.15, -0.1) is 0 Å². The van der Waals surface area contributed by atoms with Crippen molar-refractivity contribution in [1.29, 1.82) is 0 Å². The quantitative estimate of drug-likeness (QED) is 0.542. The molecule has 1 saturated carbocycles. The zero-order valence-corrected chi connectivity index (χ0v) is 22.3. The van der Waals surface area contributed by atoms with Gasteiger partial charge in [-0.05, 0) is 50.4 Å². The molecule has 8 heteroatoms. The lowest BCUT2D eigenvalue weighted by molar-refractivity contribution is -0.140. The predicted molar refractivity (Wildman–Crippen MR) is 140 cm³/mol. The summed E-state index contributed by atoms with van der Waals surface area (Å²) in [6.45, 7) is 7.36. The molecule has 0 bridgehead atoms. The number of hydrogen-bond acceptors (Lipinski definition) is 5. The normalized spacial score (nSPS) is 23.3. The molecule has 1 aromatic rings. The Bertz CT molecular complexity index is 852. The molecule has 1 aliphatic carbocycles. The van der Waals surface area contributed by atoms with Gasteiger partial charge in [-0.2, -0.15) is 0 Å². The summed E-state index contributed by atoms with van der Waals surface area (Å²) in [6, 6.07) is 8.23. The van der Waals surface area contributed by atoms with Crippen molar-refractivity contribution in [3.8, 4) is 0 Å². The van der Waals surface area contributed by atoms with Crippen LogP contribution in [0.5, 0.6) is 0 Å². The maximum absolute atomic E-state index is 13.4. The zero-order valence-electron chi connectivity index (χ0n) is 21.5. The van der Waals surface area contributed by atoms with Crippen molar-refractivity contribution in [3.63, 3.8) is 0 Å². The Hall–Kier alpha value is -1.67. The van der Waals surface area contributed by atoms with Gasteiger partial charge in [0.2, 0.25) is 5.91 Å². The molecular weight excluding hydrogens is 462 g/mol. The van der Waals surface area contributed by atoms with E-state index >= 15 is 0 Å². The van der Waals surface area contributed by atoms with Crippen LogP contribution in [0.25, 0.3) is 0 Å². The number of amides is 2. The van der Waals surface area contributed by atoms with Crippen LogP contribution in [-0.2, 0) is 16.0 Å². The van der Waals surface area contributed by atoms with Gasteiger partial charge < -0.3 is 15.1 Å². The first-order valence-corrected chi connectivity index (χ1v) is 13.7. The summed E-state index contributed by atoms with van der Waals surface area (Å²) in [4.78, 5) is 31.0. The number of likely N-dealkylation sites (tertiary alicyclic amines) is 1. The van der Waals surface area contributed by atoms with Crippen LogP contribution in [0.1, 0.15) is 57.9 Å². The summed E-state index contributed by atoms with van der Waals surface area (Å²) >= 11 is 6.06. The lowest BCUT2D eigenvalue weighted by Crippen LogP contribution is -2.62. The molecule has 194 valence electrons. The van der Waals surface area contributed by atoms with Crippen LogP contribution in [0, 0.1) is 5.92 Å². The summed E-state index contributed by atoms with van der Waals surface area (Å²) in [5, 5.41) is 6.29. The minimum Gasteiger partial charge on any atom is -0.335 e. The van der Waals surface area contributed by atoms with Crippen LogP contribution >= 0.6 is 11.6 Å². The molecule has 0 aromatic heterocycles. The van der Waals surface area contributed by atoms with Gasteiger partial charge in [0.25, 0.3) is 5.91 Å². The second-order valence-corrected chi connectivity index (χ2v) is 11.5. The van der Waals surface area contributed by atoms with Gasteiger partial charge in [-0.1, -0.05) is 56.8 Å². The molecule has 7 nitrogen and oxygen atoms in total. The fraction of sp³-hybridized carbons (Fsp3) is 0.704. The van der Waals surface area contributed by atoms with E-state index in [1.54, 1.807) is 0 Å². The average Bonchev–Trinajstić information content (AvgIpc) is 3.27. The van der Waals surface area contributed by atoms with Crippen LogP contribution in [-0.4, -0.2) is 84.0 Å². The summed E-state index contributed by atoms with van der Waals surface area (Å²) in [5.74, 6) is 0.246. The monoisotopic (exact) mass is 503 g/mol. The van der Waals surface area contributed by atoms with E-state index in [1.807, 2.05) is 43.1 Å². The Morgan fingerprint density at radius 1 is 1.03 bits per heavy atom. The molecule has 2 saturated heterocycles. The van der Waals surface area contributed by atoms with Crippen LogP contribution < -0.4 is 10.7 Å². The fourth-order valence-electron chi connectivity index (χ4n) is 5.79. The van der Waals surface area contributed by atoms with Crippen LogP contribution in [0.4, 0.5) is 0 Å². The highest BCUT2D eigenvalue weighted by atomic mass is 35.5. The molecule has 3 aliphatic rings. The molecule has 35 heavy (non-hydrogen) atoms. The predicted octanol–water partition coefficient (Wildman–Crippen LogP) is 3.08. The van der Waals surface area contributed by atoms with Crippen molar-refractivity contribution >= 4 is 23.4 Å². The number of carbonyl (C=O) groups excluding carboxylic acids is 2. The lowest BCUT2D eigenvalue weighted by Gasteiger charge is -2.40. The van der Waals surface area contributed by atoms with Crippen LogP contribution in [0.3, 0.4) is 0 Å². The van der Waals surface area contributed by atoms with E-state index < -0.39 is 0 Å². The van der Waals surface area contributed by atoms with Crippen molar-refractivity contribution in [3.05, 3.63) is 34.9 Å². The minimum atomic E-state index is -0.319. The lowest BCUT2D eigenvalue weighted by atomic mass is 9.92. The van der Waals surface area contributed by atoms with E-state index in [0.29, 0.717) is 30.1 Å². The molecule has 2 N–H and O–H groups in total. The number of nitrogens with zero attached hydrogens (tertiary/aromatic N) is 3. The second kappa shape index (κ2) is 12.0. The first kappa shape index (κ1) is 26.4. The fourth-order valence-corrected chi connectivity index (χ4v) is 5.92. The molecule has 4 rings (SSSR count). The third kappa shape index (κ3) is 6.97. The maximum Gasteiger partial charge on any atom is 0.251 e. The van der Waals surface area contributed by atoms with Gasteiger partial charge in [-0.3, -0.25) is 15.0 Å². The number of hydrogen-bond donors (Lipinski definition) is 2. The molecule has 2 amide bonds. The number of nitrogens with one attached hydrogen (secondary N) is 2. The minimum absolute atomic E-state index is 0.00504. The van der Waals surface area contributed by atoms with Gasteiger partial charge in [0.1, 0.15) is 0 Å². The number of likely N-dealkylation sites (N-methyl/N-ethyl adjacent to an activating group) is 1. The van der Waals surface area contributed by atoms with Crippen molar-refractivity contribution in [1.82, 2.24) is 25.6 Å². The molecule has 2 heterocycles. The zero-order chi connectivity index (χ0) is 24.9. The number of halogens is 1. The van der Waals surface area contributed by atoms with Gasteiger partial charge in [0.15, 0.2) is 0 Å². The molecule has 2 atom stereocenters. The highest BCUT2D eigenvalue weighted by Crippen LogP contribution is 2.28. The highest BCUT2D eigenvalue weighted by Gasteiger charge is 2.38. The smallest absolute Gasteiger partial charge is 0.251 e. The Kier molecular flexibility index (Phi) is 9.08. The third-order valence-electron chi connectivity index (χ3n) is 7.71. The van der Waals surface area contributed by atoms with E-state index in [1.165, 1.54) is 19.3 Å². The average molecular weight is 504 g/mol. The number of hydrazine groups is 1. The summed E-state index contributed by atoms with van der Waals surface area (Å²) < 4.78 is 0. The van der Waals surface area contributed by atoms with Gasteiger partial charge in [-0.25, -0.2) is 5.01 Å². The third-order valence-corrected chi connectivity index (χ3v) is 7.96. The number of benzene rings is 1. The van der Waals surface area contributed by atoms with Crippen LogP contribution in [0.15, 0.2) is 24.3 Å². The molecule has 3 fully saturated rings. The van der Waals surface area contributed by atoms with Gasteiger partial charge in [0, 0.05) is 55.2 Å². The summed E-state index contributed by atoms with van der Waals surface area (Å²) in [6.07, 6.45) is 7.39. The maximum atomic E-state index is 13.4. The summed E-state index contributed by atoms with van der Waals surface area (Å²) in [7, 11) is 2.09. The standard InChI is InChI=1S/C27H42ClN5O2/c1-19(2)27(35)33(23-7-5-4-6-8-23)24-13-14-32(18-24)30-26(34)25(29-22-16-31(3)17-22)15-20-9-11-21(28)12-10-20/h9-12,19,22-25,29H,4-8,13-18H2,1-3H3,(H,30,34)/t24-,25+/m0/s1. The molecule has 2 aliphatic heterocycles. The van der Waals surface area contributed by atoms with Gasteiger partial charge >= 0.3 is 0 Å². The van der Waals surface area contributed by atoms with Crippen molar-refractivity contribution in [2.75, 3.05) is 33.2 Å². The summed E-state index contributed by atoms with van der Waals surface area (Å²) in [5.41, 5.74) is 4.27. The molecule has 0 spiro atoms. The SMILES string of the molecule is CC(C)C(=O)N(C1CCCCC1)[C@H]1CCN(NC(=O)[C@@H](Cc2ccc(Cl)cc2)NC2CN(C)C2)C1. The van der Waals surface area contributed by atoms with Crippen molar-refractivity contribution in [2.24, 2.45) is 5.92 Å². The molecule has 0 unspecified atom stereocenters. The topological polar surface area (TPSA) is 67.9 Å². The Morgan fingerprint density at radius 3 is 2.34 bits per heavy atom. The first-order valence-electron chi connectivity index (χ1n) is 13.4. The van der Waals surface area contributed by atoms with Crippen molar-refractivity contribution in [2.45, 2.75) is 83.0 Å². The van der Waals surface area contributed by atoms with E-state index in [2.05, 4.69) is 27.6 Å².